The second-order valence-corrected chi connectivity index (χ2v) is 15.7. The number of alkyl carbamates (subject to hydrolysis) is 1. The Morgan fingerprint density at radius 3 is 2.31 bits per heavy atom. The Morgan fingerprint density at radius 1 is 0.942 bits per heavy atom. The molecule has 1 aliphatic carbocycles. The highest BCUT2D eigenvalue weighted by atomic mass is 35.5. The third-order valence-corrected chi connectivity index (χ3v) is 9.77. The first kappa shape index (κ1) is 38.5. The van der Waals surface area contributed by atoms with E-state index in [1.165, 1.54) is 0 Å². The van der Waals surface area contributed by atoms with Crippen LogP contribution in [0.25, 0.3) is 11.1 Å². The lowest BCUT2D eigenvalue weighted by Gasteiger charge is -2.29. The smallest absolute Gasteiger partial charge is 0.407 e. The minimum absolute atomic E-state index is 0.00519. The first-order chi connectivity index (χ1) is 24.6. The molecule has 52 heavy (non-hydrogen) atoms. The number of benzene rings is 3. The fourth-order valence-corrected chi connectivity index (χ4v) is 7.06. The predicted molar refractivity (Wildman–Crippen MR) is 203 cm³/mol. The molecule has 2 aliphatic rings. The van der Waals surface area contributed by atoms with E-state index in [2.05, 4.69) is 21.3 Å². The summed E-state index contributed by atoms with van der Waals surface area (Å²) in [7, 11) is 0. The summed E-state index contributed by atoms with van der Waals surface area (Å²) in [4.78, 5) is 64.0. The van der Waals surface area contributed by atoms with Crippen molar-refractivity contribution < 1.29 is 28.7 Å². The summed E-state index contributed by atoms with van der Waals surface area (Å²) in [5, 5.41) is 12.0. The van der Waals surface area contributed by atoms with Crippen molar-refractivity contribution in [2.45, 2.75) is 91.2 Å². The summed E-state index contributed by atoms with van der Waals surface area (Å²) in [6.07, 6.45) is 3.30. The number of anilines is 2. The zero-order valence-electron chi connectivity index (χ0n) is 30.6. The molecule has 10 nitrogen and oxygen atoms in total. The molecule has 0 radical (unpaired) electrons. The molecule has 1 atom stereocenters. The lowest BCUT2D eigenvalue weighted by molar-refractivity contribution is -0.129. The summed E-state index contributed by atoms with van der Waals surface area (Å²) in [6.45, 7) is 9.77. The Hall–Kier alpha value is -4.70. The van der Waals surface area contributed by atoms with E-state index >= 15 is 0 Å². The van der Waals surface area contributed by atoms with Crippen molar-refractivity contribution >= 4 is 52.6 Å². The zero-order valence-corrected chi connectivity index (χ0v) is 31.3. The van der Waals surface area contributed by atoms with Gasteiger partial charge in [0, 0.05) is 58.4 Å². The first-order valence-corrected chi connectivity index (χ1v) is 18.4. The van der Waals surface area contributed by atoms with Crippen LogP contribution in [0.1, 0.15) is 88.2 Å². The van der Waals surface area contributed by atoms with E-state index in [4.69, 9.17) is 16.3 Å². The molecule has 3 aromatic rings. The maximum absolute atomic E-state index is 13.8. The van der Waals surface area contributed by atoms with Crippen LogP contribution in [-0.4, -0.2) is 47.8 Å². The second kappa shape index (κ2) is 16.8. The molecule has 1 heterocycles. The molecule has 0 bridgehead atoms. The van der Waals surface area contributed by atoms with Crippen LogP contribution < -0.4 is 21.3 Å². The van der Waals surface area contributed by atoms with Gasteiger partial charge < -0.3 is 26.0 Å². The lowest BCUT2D eigenvalue weighted by atomic mass is 9.77. The average molecular weight is 729 g/mol. The number of fused-ring (bicyclic) bond motifs is 1. The summed E-state index contributed by atoms with van der Waals surface area (Å²) in [6, 6.07) is 18.3. The number of amides is 4. The minimum atomic E-state index is -0.630. The highest BCUT2D eigenvalue weighted by Crippen LogP contribution is 2.33. The summed E-state index contributed by atoms with van der Waals surface area (Å²) < 4.78 is 5.35. The van der Waals surface area contributed by atoms with Crippen LogP contribution in [-0.2, 0) is 32.0 Å². The van der Waals surface area contributed by atoms with Crippen molar-refractivity contribution in [3.8, 4) is 11.1 Å². The molecule has 11 heteroatoms. The molecule has 0 spiro atoms. The van der Waals surface area contributed by atoms with Gasteiger partial charge in [-0.05, 0) is 114 Å². The van der Waals surface area contributed by atoms with Crippen molar-refractivity contribution in [1.29, 1.82) is 0 Å². The third kappa shape index (κ3) is 10.7. The predicted octanol–water partition coefficient (Wildman–Crippen LogP) is 7.73. The lowest BCUT2D eigenvalue weighted by Crippen LogP contribution is -2.37. The molecule has 1 aliphatic heterocycles. The normalized spacial score (nSPS) is 17.5. The number of hydrogen-bond acceptors (Lipinski definition) is 6. The zero-order chi connectivity index (χ0) is 37.6. The van der Waals surface area contributed by atoms with E-state index in [0.29, 0.717) is 54.2 Å². The van der Waals surface area contributed by atoms with Gasteiger partial charge in [0.05, 0.1) is 6.42 Å². The van der Waals surface area contributed by atoms with Crippen molar-refractivity contribution in [2.75, 3.05) is 17.2 Å². The molecule has 0 saturated heterocycles. The van der Waals surface area contributed by atoms with Gasteiger partial charge in [0.2, 0.25) is 11.8 Å². The van der Waals surface area contributed by atoms with Crippen LogP contribution in [0.4, 0.5) is 16.2 Å². The second-order valence-electron chi connectivity index (χ2n) is 15.3. The van der Waals surface area contributed by atoms with Gasteiger partial charge in [0.15, 0.2) is 0 Å². The first-order valence-electron chi connectivity index (χ1n) is 18.1. The molecular weight excluding hydrogens is 680 g/mol. The fourth-order valence-electron chi connectivity index (χ4n) is 6.77. The van der Waals surface area contributed by atoms with Gasteiger partial charge in [0.1, 0.15) is 11.4 Å². The van der Waals surface area contributed by atoms with Crippen molar-refractivity contribution in [2.24, 2.45) is 17.8 Å². The molecule has 4 amide bonds. The van der Waals surface area contributed by atoms with Crippen LogP contribution in [0.5, 0.6) is 0 Å². The standard InChI is InChI=1S/C41H49ClN4O6/c1-24(2)44-38(49)30-15-17-33(34(42)19-30)27-10-6-25(7-11-27)18-31(39(50)45-32-16-14-29-21-37(48)46-35(29)22-32)20-36(47)28-12-8-26(9-13-28)23-43-40(51)52-41(3,4)5/h6-7,10-11,14-17,19,22,24,26,28,31H,8-9,12-13,18,20-21,23H2,1-5H3,(H,43,51)(H,44,49)(H,45,50)(H,46,48). The Morgan fingerprint density at radius 2 is 1.65 bits per heavy atom. The molecule has 1 unspecified atom stereocenters. The van der Waals surface area contributed by atoms with Crippen molar-refractivity contribution in [1.82, 2.24) is 10.6 Å². The molecule has 0 aromatic heterocycles. The monoisotopic (exact) mass is 728 g/mol. The Labute approximate surface area is 310 Å². The number of hydrogen-bond donors (Lipinski definition) is 4. The summed E-state index contributed by atoms with van der Waals surface area (Å²) in [5.74, 6) is -1.01. The van der Waals surface area contributed by atoms with Crippen LogP contribution >= 0.6 is 11.6 Å². The number of carbonyl (C=O) groups is 5. The van der Waals surface area contributed by atoms with Crippen LogP contribution in [0, 0.1) is 17.8 Å². The van der Waals surface area contributed by atoms with Crippen LogP contribution in [0.2, 0.25) is 5.02 Å². The minimum Gasteiger partial charge on any atom is -0.444 e. The molecule has 5 rings (SSSR count). The fraction of sp³-hybridized carbons (Fsp3) is 0.439. The van der Waals surface area contributed by atoms with E-state index in [-0.39, 0.29) is 47.8 Å². The molecule has 4 N–H and O–H groups in total. The van der Waals surface area contributed by atoms with Gasteiger partial charge in [-0.15, -0.1) is 0 Å². The highest BCUT2D eigenvalue weighted by molar-refractivity contribution is 6.33. The number of ether oxygens (including phenoxy) is 1. The Balaban J connectivity index is 1.25. The van der Waals surface area contributed by atoms with Gasteiger partial charge in [-0.3, -0.25) is 19.2 Å². The number of Topliss-reactive ketones (excluding diaryl/α,β-unsaturated/α-hetero) is 1. The number of ketones is 1. The Kier molecular flexibility index (Phi) is 12.4. The molecular formula is C41H49ClN4O6. The molecule has 276 valence electrons. The van der Waals surface area contributed by atoms with Crippen molar-refractivity contribution in [3.63, 3.8) is 0 Å². The van der Waals surface area contributed by atoms with Gasteiger partial charge >= 0.3 is 6.09 Å². The Bertz CT molecular complexity index is 1810. The van der Waals surface area contributed by atoms with Gasteiger partial charge in [0.25, 0.3) is 5.91 Å². The third-order valence-electron chi connectivity index (χ3n) is 9.46. The molecule has 1 fully saturated rings. The topological polar surface area (TPSA) is 143 Å². The quantitative estimate of drug-likeness (QED) is 0.150. The van der Waals surface area contributed by atoms with Crippen LogP contribution in [0.3, 0.4) is 0 Å². The van der Waals surface area contributed by atoms with Gasteiger partial charge in [-0.1, -0.05) is 48.0 Å². The number of nitrogens with one attached hydrogen (secondary N) is 4. The number of halogens is 1. The maximum Gasteiger partial charge on any atom is 0.407 e. The maximum atomic E-state index is 13.8. The molecule has 1 saturated carbocycles. The number of carbonyl (C=O) groups excluding carboxylic acids is 5. The largest absolute Gasteiger partial charge is 0.444 e. The van der Waals surface area contributed by atoms with E-state index in [1.54, 1.807) is 24.3 Å². The van der Waals surface area contributed by atoms with E-state index in [0.717, 1.165) is 35.1 Å². The highest BCUT2D eigenvalue weighted by Gasteiger charge is 2.31. The molecule has 3 aromatic carbocycles. The SMILES string of the molecule is CC(C)NC(=O)c1ccc(-c2ccc(CC(CC(=O)C3CCC(CNC(=O)OC(C)(C)C)CC3)C(=O)Nc3ccc4c(c3)NC(=O)C4)cc2)c(Cl)c1. The number of rotatable bonds is 12. The van der Waals surface area contributed by atoms with Gasteiger partial charge in [-0.2, -0.15) is 0 Å². The van der Waals surface area contributed by atoms with E-state index < -0.39 is 17.6 Å². The van der Waals surface area contributed by atoms with Crippen LogP contribution in [0.15, 0.2) is 60.7 Å². The summed E-state index contributed by atoms with van der Waals surface area (Å²) in [5.41, 5.74) is 4.55. The van der Waals surface area contributed by atoms with E-state index in [1.807, 2.05) is 71.0 Å². The van der Waals surface area contributed by atoms with Crippen molar-refractivity contribution in [3.05, 3.63) is 82.4 Å². The van der Waals surface area contributed by atoms with Gasteiger partial charge in [-0.25, -0.2) is 4.79 Å². The summed E-state index contributed by atoms with van der Waals surface area (Å²) >= 11 is 6.61. The average Bonchev–Trinajstić information content (AvgIpc) is 3.45. The van der Waals surface area contributed by atoms with E-state index in [9.17, 15) is 24.0 Å².